The van der Waals surface area contributed by atoms with Crippen molar-refractivity contribution in [2.45, 2.75) is 0 Å². The molecule has 0 aliphatic heterocycles. The standard InChI is InChI=1S/C4H6O3/c1-6-4-7-3-2-5/h3H,4H2,1H3. The first-order chi connectivity index (χ1) is 3.41. The third-order valence-corrected chi connectivity index (χ3v) is 0.317. The molecule has 40 valence electrons. The van der Waals surface area contributed by atoms with Gasteiger partial charge in [-0.25, -0.2) is 4.79 Å². The number of ether oxygens (including phenoxy) is 2. The van der Waals surface area contributed by atoms with Crippen LogP contribution in [0, 0.1) is 0 Å². The first-order valence-corrected chi connectivity index (χ1v) is 1.71. The summed E-state index contributed by atoms with van der Waals surface area (Å²) in [6, 6.07) is 0. The van der Waals surface area contributed by atoms with E-state index >= 15 is 0 Å². The van der Waals surface area contributed by atoms with E-state index in [9.17, 15) is 4.79 Å². The molecule has 0 unspecified atom stereocenters. The van der Waals surface area contributed by atoms with Crippen LogP contribution in [0.15, 0.2) is 6.26 Å². The van der Waals surface area contributed by atoms with Crippen LogP contribution in [0.25, 0.3) is 0 Å². The number of carbonyl (C=O) groups excluding carboxylic acids is 1. The summed E-state index contributed by atoms with van der Waals surface area (Å²) >= 11 is 0. The molecule has 3 nitrogen and oxygen atoms in total. The average molecular weight is 102 g/mol. The molecule has 0 atom stereocenters. The minimum atomic E-state index is 0.106. The van der Waals surface area contributed by atoms with Gasteiger partial charge in [0.15, 0.2) is 19.0 Å². The molecule has 0 fully saturated rings. The molecule has 7 heavy (non-hydrogen) atoms. The molecule has 0 amide bonds. The normalized spacial score (nSPS) is 7.00. The Labute approximate surface area is 41.5 Å². The van der Waals surface area contributed by atoms with Crippen molar-refractivity contribution in [3.05, 3.63) is 6.26 Å². The van der Waals surface area contributed by atoms with E-state index < -0.39 is 0 Å². The van der Waals surface area contributed by atoms with Gasteiger partial charge >= 0.3 is 0 Å². The largest absolute Gasteiger partial charge is 0.464 e. The van der Waals surface area contributed by atoms with Gasteiger partial charge in [0.25, 0.3) is 0 Å². The molecule has 0 aromatic carbocycles. The summed E-state index contributed by atoms with van der Waals surface area (Å²) in [6.45, 7) is 0.106. The second-order valence-electron chi connectivity index (χ2n) is 0.809. The summed E-state index contributed by atoms with van der Waals surface area (Å²) in [5.74, 6) is 1.43. The van der Waals surface area contributed by atoms with Crippen LogP contribution in [0.4, 0.5) is 0 Å². The van der Waals surface area contributed by atoms with Crippen molar-refractivity contribution >= 4 is 5.94 Å². The molecule has 0 rings (SSSR count). The van der Waals surface area contributed by atoms with Crippen molar-refractivity contribution in [3.63, 3.8) is 0 Å². The quantitative estimate of drug-likeness (QED) is 0.217. The number of methoxy groups -OCH3 is 1. The molecule has 0 aliphatic carbocycles. The van der Waals surface area contributed by atoms with Crippen LogP contribution in [0.1, 0.15) is 0 Å². The van der Waals surface area contributed by atoms with E-state index in [4.69, 9.17) is 0 Å². The van der Waals surface area contributed by atoms with Crippen LogP contribution >= 0.6 is 0 Å². The molecule has 0 saturated carbocycles. The Morgan fingerprint density at radius 2 is 2.57 bits per heavy atom. The maximum absolute atomic E-state index is 9.32. The first-order valence-electron chi connectivity index (χ1n) is 1.71. The smallest absolute Gasteiger partial charge is 0.188 e. The highest BCUT2D eigenvalue weighted by molar-refractivity contribution is 5.42. The van der Waals surface area contributed by atoms with Gasteiger partial charge in [0.1, 0.15) is 0 Å². The summed E-state index contributed by atoms with van der Waals surface area (Å²) in [6.07, 6.45) is 0.906. The van der Waals surface area contributed by atoms with Gasteiger partial charge < -0.3 is 9.47 Å². The van der Waals surface area contributed by atoms with Crippen molar-refractivity contribution < 1.29 is 14.3 Å². The summed E-state index contributed by atoms with van der Waals surface area (Å²) in [7, 11) is 1.47. The summed E-state index contributed by atoms with van der Waals surface area (Å²) in [5, 5.41) is 0. The zero-order valence-corrected chi connectivity index (χ0v) is 4.01. The maximum Gasteiger partial charge on any atom is 0.188 e. The molecule has 0 aliphatic rings. The van der Waals surface area contributed by atoms with Crippen LogP contribution in [-0.2, 0) is 14.3 Å². The van der Waals surface area contributed by atoms with Crippen LogP contribution in [0.2, 0.25) is 0 Å². The predicted molar refractivity (Wildman–Crippen MR) is 23.2 cm³/mol. The van der Waals surface area contributed by atoms with Crippen molar-refractivity contribution in [2.24, 2.45) is 0 Å². The van der Waals surface area contributed by atoms with E-state index in [1.165, 1.54) is 13.1 Å². The summed E-state index contributed by atoms with van der Waals surface area (Å²) in [5.41, 5.74) is 0. The Balaban J connectivity index is 2.83. The number of hydrogen-bond donors (Lipinski definition) is 0. The highest BCUT2D eigenvalue weighted by atomic mass is 16.7. The summed E-state index contributed by atoms with van der Waals surface area (Å²) < 4.78 is 8.77. The van der Waals surface area contributed by atoms with Gasteiger partial charge in [-0.3, -0.25) is 0 Å². The van der Waals surface area contributed by atoms with Crippen LogP contribution in [-0.4, -0.2) is 19.8 Å². The minimum Gasteiger partial charge on any atom is -0.464 e. The molecule has 0 aromatic heterocycles. The van der Waals surface area contributed by atoms with Gasteiger partial charge in [-0.15, -0.1) is 0 Å². The Kier molecular flexibility index (Phi) is 4.62. The lowest BCUT2D eigenvalue weighted by Crippen LogP contribution is -1.87. The fraction of sp³-hybridized carbons (Fsp3) is 0.500. The topological polar surface area (TPSA) is 35.5 Å². The van der Waals surface area contributed by atoms with Crippen molar-refractivity contribution in [3.8, 4) is 0 Å². The lowest BCUT2D eigenvalue weighted by Gasteiger charge is -1.90. The number of hydrogen-bond acceptors (Lipinski definition) is 3. The molecule has 0 aromatic rings. The van der Waals surface area contributed by atoms with Crippen molar-refractivity contribution in [1.29, 1.82) is 0 Å². The minimum absolute atomic E-state index is 0.106. The summed E-state index contributed by atoms with van der Waals surface area (Å²) in [4.78, 5) is 9.32. The molecule has 0 spiro atoms. The van der Waals surface area contributed by atoms with Gasteiger partial charge in [-0.2, -0.15) is 0 Å². The van der Waals surface area contributed by atoms with E-state index in [1.54, 1.807) is 0 Å². The fourth-order valence-corrected chi connectivity index (χ4v) is 0.136. The number of rotatable bonds is 3. The zero-order valence-electron chi connectivity index (χ0n) is 4.01. The van der Waals surface area contributed by atoms with E-state index in [2.05, 4.69) is 9.47 Å². The monoisotopic (exact) mass is 102 g/mol. The molecule has 0 N–H and O–H groups in total. The van der Waals surface area contributed by atoms with Crippen LogP contribution < -0.4 is 0 Å². The Morgan fingerprint density at radius 3 is 3.00 bits per heavy atom. The molecule has 3 heteroatoms. The predicted octanol–water partition coefficient (Wildman–Crippen LogP) is -0.0478. The van der Waals surface area contributed by atoms with Gasteiger partial charge in [0.05, 0.1) is 0 Å². The highest BCUT2D eigenvalue weighted by Gasteiger charge is 1.69. The Bertz CT molecular complexity index is 73.0. The van der Waals surface area contributed by atoms with E-state index in [0.717, 1.165) is 6.26 Å². The molecule has 0 bridgehead atoms. The van der Waals surface area contributed by atoms with Gasteiger partial charge in [-0.1, -0.05) is 0 Å². The second-order valence-corrected chi connectivity index (χ2v) is 0.809. The van der Waals surface area contributed by atoms with E-state index in [1.807, 2.05) is 0 Å². The Morgan fingerprint density at radius 1 is 1.86 bits per heavy atom. The zero-order chi connectivity index (χ0) is 5.54. The van der Waals surface area contributed by atoms with Gasteiger partial charge in [0.2, 0.25) is 0 Å². The highest BCUT2D eigenvalue weighted by Crippen LogP contribution is 1.69. The average Bonchev–Trinajstić information content (AvgIpc) is 1.69. The van der Waals surface area contributed by atoms with Crippen molar-refractivity contribution in [1.82, 2.24) is 0 Å². The lowest BCUT2D eigenvalue weighted by atomic mass is 11.1. The fourth-order valence-electron chi connectivity index (χ4n) is 0.136. The first kappa shape index (κ1) is 6.21. The molecular weight excluding hydrogens is 96.0 g/mol. The van der Waals surface area contributed by atoms with Gasteiger partial charge in [-0.05, 0) is 0 Å². The maximum atomic E-state index is 9.32. The van der Waals surface area contributed by atoms with Crippen molar-refractivity contribution in [2.75, 3.05) is 13.9 Å². The second kappa shape index (κ2) is 5.21. The SMILES string of the molecule is COCOC=C=O. The molecule has 0 heterocycles. The molecule has 0 saturated heterocycles. The van der Waals surface area contributed by atoms with Crippen LogP contribution in [0.5, 0.6) is 0 Å². The van der Waals surface area contributed by atoms with Crippen LogP contribution in [0.3, 0.4) is 0 Å². The third-order valence-electron chi connectivity index (χ3n) is 0.317. The third kappa shape index (κ3) is 5.21. The Hall–Kier alpha value is -0.790. The van der Waals surface area contributed by atoms with Gasteiger partial charge in [0, 0.05) is 7.11 Å². The molecular formula is C4H6O3. The van der Waals surface area contributed by atoms with E-state index in [-0.39, 0.29) is 6.79 Å². The van der Waals surface area contributed by atoms with E-state index in [0.29, 0.717) is 0 Å². The lowest BCUT2D eigenvalue weighted by molar-refractivity contribution is 0.0210. The molecule has 0 radical (unpaired) electrons.